The summed E-state index contributed by atoms with van der Waals surface area (Å²) >= 11 is 1.46. The van der Waals surface area contributed by atoms with Gasteiger partial charge in [-0.05, 0) is 12.1 Å². The van der Waals surface area contributed by atoms with Crippen molar-refractivity contribution >= 4 is 36.7 Å². The van der Waals surface area contributed by atoms with Crippen molar-refractivity contribution in [3.8, 4) is 17.2 Å². The van der Waals surface area contributed by atoms with Gasteiger partial charge in [-0.25, -0.2) is 0 Å². The maximum atomic E-state index is 12.5. The number of phosphoric acid groups is 1. The highest BCUT2D eigenvalue weighted by molar-refractivity contribution is 8.00. The average molecular weight is 347 g/mol. The highest BCUT2D eigenvalue weighted by atomic mass is 32.2. The zero-order valence-electron chi connectivity index (χ0n) is 11.9. The summed E-state index contributed by atoms with van der Waals surface area (Å²) < 4.78 is 28.3. The number of rotatable bonds is 2. The third-order valence-corrected chi connectivity index (χ3v) is 6.28. The Kier molecular flexibility index (Phi) is 2.46. The lowest BCUT2D eigenvalue weighted by Gasteiger charge is -2.26. The summed E-state index contributed by atoms with van der Waals surface area (Å²) in [5.74, 6) is 0.796. The molecule has 5 rings (SSSR count). The van der Waals surface area contributed by atoms with Crippen LogP contribution in [0.15, 0.2) is 34.1 Å². The molecule has 8 heteroatoms. The van der Waals surface area contributed by atoms with Gasteiger partial charge in [0.05, 0.1) is 21.8 Å². The fraction of sp³-hybridized carbons (Fsp3) is 0.133. The van der Waals surface area contributed by atoms with E-state index < -0.39 is 7.82 Å². The van der Waals surface area contributed by atoms with Crippen LogP contribution >= 0.6 is 19.6 Å². The van der Waals surface area contributed by atoms with E-state index in [1.165, 1.54) is 11.8 Å². The first kappa shape index (κ1) is 13.3. The molecule has 116 valence electrons. The first-order valence-corrected chi connectivity index (χ1v) is 9.37. The molecule has 3 aliphatic rings. The second-order valence-corrected chi connectivity index (χ2v) is 7.78. The van der Waals surface area contributed by atoms with Gasteiger partial charge in [0.15, 0.2) is 17.3 Å². The lowest BCUT2D eigenvalue weighted by molar-refractivity contribution is 0.0987. The number of phosphoric ester groups is 1. The maximum Gasteiger partial charge on any atom is 0.647 e. The van der Waals surface area contributed by atoms with Crippen LogP contribution in [0.3, 0.4) is 0 Å². The molecular weight excluding hydrogens is 337 g/mol. The van der Waals surface area contributed by atoms with Gasteiger partial charge in [-0.2, -0.15) is 4.57 Å². The number of Topliss-reactive ketones (excluding diaryl/α,β-unsaturated/α-hetero) is 1. The van der Waals surface area contributed by atoms with E-state index in [1.807, 2.05) is 24.3 Å². The SMILES string of the molecule is CCC(=O)c1c2c(c3c4c1OP(=O)(O4)O3)Sc1ccccc1N2. The van der Waals surface area contributed by atoms with E-state index in [-0.39, 0.29) is 17.3 Å². The molecule has 23 heavy (non-hydrogen) atoms. The van der Waals surface area contributed by atoms with E-state index in [9.17, 15) is 9.36 Å². The molecular formula is C15H10NO5PS. The van der Waals surface area contributed by atoms with Gasteiger partial charge < -0.3 is 18.9 Å². The van der Waals surface area contributed by atoms with Crippen LogP contribution < -0.4 is 18.9 Å². The Hall–Kier alpha value is -2.11. The molecule has 0 aromatic heterocycles. The number of hydrogen-bond donors (Lipinski definition) is 1. The first-order chi connectivity index (χ1) is 11.1. The smallest absolute Gasteiger partial charge is 0.381 e. The van der Waals surface area contributed by atoms with Gasteiger partial charge in [0.25, 0.3) is 0 Å². The van der Waals surface area contributed by atoms with E-state index in [2.05, 4.69) is 5.32 Å². The molecule has 1 atom stereocenters. The maximum absolute atomic E-state index is 12.5. The molecule has 0 amide bonds. The van der Waals surface area contributed by atoms with Crippen molar-refractivity contribution < 1.29 is 22.9 Å². The van der Waals surface area contributed by atoms with Gasteiger partial charge in [0, 0.05) is 11.3 Å². The van der Waals surface area contributed by atoms with E-state index >= 15 is 0 Å². The number of anilines is 2. The van der Waals surface area contributed by atoms with Gasteiger partial charge in [0.2, 0.25) is 5.75 Å². The highest BCUT2D eigenvalue weighted by Crippen LogP contribution is 2.74. The summed E-state index contributed by atoms with van der Waals surface area (Å²) in [6, 6.07) is 7.76. The lowest BCUT2D eigenvalue weighted by atomic mass is 10.0. The van der Waals surface area contributed by atoms with Crippen molar-refractivity contribution in [1.29, 1.82) is 0 Å². The molecule has 0 saturated carbocycles. The number of para-hydroxylation sites is 1. The molecule has 0 saturated heterocycles. The summed E-state index contributed by atoms with van der Waals surface area (Å²) in [4.78, 5) is 14.2. The minimum atomic E-state index is -3.65. The van der Waals surface area contributed by atoms with Crippen molar-refractivity contribution in [1.82, 2.24) is 0 Å². The Balaban J connectivity index is 1.81. The Morgan fingerprint density at radius 1 is 1.17 bits per heavy atom. The fourth-order valence-corrected chi connectivity index (χ4v) is 5.30. The van der Waals surface area contributed by atoms with Crippen molar-refractivity contribution in [2.45, 2.75) is 23.1 Å². The third-order valence-electron chi connectivity index (χ3n) is 3.89. The van der Waals surface area contributed by atoms with Crippen LogP contribution in [-0.2, 0) is 4.57 Å². The standard InChI is InChI=1S/C15H10NO5PS/c1-2-8(17)10-11-15(23-9-6-4-3-5-7(9)16-11)14-13-12(10)19-22(18,20-13)21-14/h3-6,16H,2H2,1H3. The Morgan fingerprint density at radius 2 is 1.91 bits per heavy atom. The number of carbonyl (C=O) groups is 1. The molecule has 1 unspecified atom stereocenters. The van der Waals surface area contributed by atoms with Gasteiger partial charge in [-0.1, -0.05) is 30.8 Å². The van der Waals surface area contributed by atoms with E-state index in [4.69, 9.17) is 13.6 Å². The van der Waals surface area contributed by atoms with Gasteiger partial charge in [-0.3, -0.25) is 4.79 Å². The van der Waals surface area contributed by atoms with Crippen LogP contribution in [0.1, 0.15) is 23.7 Å². The molecule has 0 fully saturated rings. The number of nitrogens with one attached hydrogen (secondary N) is 1. The summed E-state index contributed by atoms with van der Waals surface area (Å²) in [6.45, 7) is 1.77. The minimum absolute atomic E-state index is 0.101. The molecule has 1 N–H and O–H groups in total. The number of fused-ring (bicyclic) bond motifs is 4. The average Bonchev–Trinajstić information content (AvgIpc) is 3.07. The molecule has 2 aromatic carbocycles. The number of ketones is 1. The first-order valence-electron chi connectivity index (χ1n) is 7.09. The summed E-state index contributed by atoms with van der Waals surface area (Å²) in [6.07, 6.45) is 0.306. The lowest BCUT2D eigenvalue weighted by Crippen LogP contribution is -2.11. The molecule has 2 aromatic rings. The van der Waals surface area contributed by atoms with Gasteiger partial charge in [-0.15, -0.1) is 0 Å². The minimum Gasteiger partial charge on any atom is -0.381 e. The Morgan fingerprint density at radius 3 is 2.70 bits per heavy atom. The molecule has 3 heterocycles. The van der Waals surface area contributed by atoms with Crippen molar-refractivity contribution in [2.75, 3.05) is 5.32 Å². The largest absolute Gasteiger partial charge is 0.647 e. The number of benzene rings is 2. The number of hydrogen-bond acceptors (Lipinski definition) is 7. The summed E-state index contributed by atoms with van der Waals surface area (Å²) in [5.41, 5.74) is 1.92. The molecule has 0 spiro atoms. The van der Waals surface area contributed by atoms with Gasteiger partial charge >= 0.3 is 7.82 Å². The predicted octanol–water partition coefficient (Wildman–Crippen LogP) is 4.76. The van der Waals surface area contributed by atoms with Crippen molar-refractivity contribution in [3.63, 3.8) is 0 Å². The predicted molar refractivity (Wildman–Crippen MR) is 84.4 cm³/mol. The Bertz CT molecular complexity index is 957. The molecule has 2 bridgehead atoms. The molecule has 6 nitrogen and oxygen atoms in total. The van der Waals surface area contributed by atoms with E-state index in [1.54, 1.807) is 6.92 Å². The van der Waals surface area contributed by atoms with Crippen molar-refractivity contribution in [3.05, 3.63) is 29.8 Å². The number of carbonyl (C=O) groups excluding carboxylic acids is 1. The van der Waals surface area contributed by atoms with Crippen LogP contribution in [0, 0.1) is 0 Å². The molecule has 0 radical (unpaired) electrons. The quantitative estimate of drug-likeness (QED) is 0.529. The zero-order chi connectivity index (χ0) is 15.8. The van der Waals surface area contributed by atoms with Crippen LogP contribution in [0.2, 0.25) is 0 Å². The monoisotopic (exact) mass is 347 g/mol. The highest BCUT2D eigenvalue weighted by Gasteiger charge is 2.54. The third kappa shape index (κ3) is 1.66. The van der Waals surface area contributed by atoms with E-state index in [0.717, 1.165) is 10.6 Å². The summed E-state index contributed by atoms with van der Waals surface area (Å²) in [5, 5.41) is 3.29. The second kappa shape index (κ2) is 4.24. The van der Waals surface area contributed by atoms with Crippen molar-refractivity contribution in [2.24, 2.45) is 0 Å². The molecule has 0 aliphatic carbocycles. The second-order valence-electron chi connectivity index (χ2n) is 5.29. The fourth-order valence-electron chi connectivity index (χ4n) is 2.87. The molecule has 3 aliphatic heterocycles. The zero-order valence-corrected chi connectivity index (χ0v) is 13.6. The van der Waals surface area contributed by atoms with E-state index in [0.29, 0.717) is 28.3 Å². The van der Waals surface area contributed by atoms with Crippen LogP contribution in [0.4, 0.5) is 11.4 Å². The van der Waals surface area contributed by atoms with Gasteiger partial charge in [0.1, 0.15) is 0 Å². The topological polar surface area (TPSA) is 73.9 Å². The normalized spacial score (nSPS) is 21.4. The van der Waals surface area contributed by atoms with Crippen LogP contribution in [0.25, 0.3) is 0 Å². The van der Waals surface area contributed by atoms with Crippen LogP contribution in [-0.4, -0.2) is 5.78 Å². The Labute approximate surface area is 135 Å². The summed E-state index contributed by atoms with van der Waals surface area (Å²) in [7, 11) is -3.65. The van der Waals surface area contributed by atoms with Crippen LogP contribution in [0.5, 0.6) is 17.2 Å².